The number of benzene rings is 1. The van der Waals surface area contributed by atoms with Crippen molar-refractivity contribution in [3.05, 3.63) is 29.8 Å². The molecule has 0 bridgehead atoms. The van der Waals surface area contributed by atoms with Gasteiger partial charge in [0.05, 0.1) is 6.61 Å². The number of carbonyl (C=O) groups is 1. The molecule has 0 aliphatic heterocycles. The molecule has 1 aromatic rings. The highest BCUT2D eigenvalue weighted by molar-refractivity contribution is 5.80. The Morgan fingerprint density at radius 3 is 2.28 bits per heavy atom. The van der Waals surface area contributed by atoms with E-state index in [1.807, 2.05) is 58.9 Å². The standard InChI is InChI=1S/C15H23NO2/c1-6-18-14(17)13(15(3,4)5)16-12-9-7-11(2)8-10-12/h7-10,13,16H,6H2,1-5H3. The first-order valence-electron chi connectivity index (χ1n) is 6.34. The summed E-state index contributed by atoms with van der Waals surface area (Å²) in [5.41, 5.74) is 1.94. The predicted octanol–water partition coefficient (Wildman–Crippen LogP) is 3.38. The second-order valence-corrected chi connectivity index (χ2v) is 5.56. The van der Waals surface area contributed by atoms with Gasteiger partial charge in [-0.05, 0) is 31.4 Å². The summed E-state index contributed by atoms with van der Waals surface area (Å²) in [4.78, 5) is 12.0. The Hall–Kier alpha value is -1.51. The van der Waals surface area contributed by atoms with E-state index in [4.69, 9.17) is 4.74 Å². The van der Waals surface area contributed by atoms with Gasteiger partial charge in [-0.2, -0.15) is 0 Å². The molecule has 0 amide bonds. The van der Waals surface area contributed by atoms with Gasteiger partial charge in [-0.25, -0.2) is 4.79 Å². The van der Waals surface area contributed by atoms with Crippen molar-refractivity contribution in [1.29, 1.82) is 0 Å². The summed E-state index contributed by atoms with van der Waals surface area (Å²) in [6.07, 6.45) is 0. The van der Waals surface area contributed by atoms with Crippen molar-refractivity contribution in [3.8, 4) is 0 Å². The Kier molecular flexibility index (Phi) is 4.76. The van der Waals surface area contributed by atoms with Crippen molar-refractivity contribution >= 4 is 11.7 Å². The van der Waals surface area contributed by atoms with E-state index in [2.05, 4.69) is 5.32 Å². The van der Waals surface area contributed by atoms with Crippen LogP contribution in [0.15, 0.2) is 24.3 Å². The van der Waals surface area contributed by atoms with E-state index in [-0.39, 0.29) is 17.4 Å². The van der Waals surface area contributed by atoms with E-state index < -0.39 is 0 Å². The maximum absolute atomic E-state index is 12.0. The van der Waals surface area contributed by atoms with Gasteiger partial charge < -0.3 is 10.1 Å². The Labute approximate surface area is 110 Å². The zero-order valence-electron chi connectivity index (χ0n) is 11.9. The minimum absolute atomic E-state index is 0.197. The Morgan fingerprint density at radius 1 is 1.28 bits per heavy atom. The maximum atomic E-state index is 12.0. The molecule has 1 N–H and O–H groups in total. The van der Waals surface area contributed by atoms with Crippen LogP contribution < -0.4 is 5.32 Å². The molecular weight excluding hydrogens is 226 g/mol. The fraction of sp³-hybridized carbons (Fsp3) is 0.533. The lowest BCUT2D eigenvalue weighted by atomic mass is 9.86. The smallest absolute Gasteiger partial charge is 0.329 e. The molecule has 0 aromatic heterocycles. The molecule has 0 aliphatic rings. The topological polar surface area (TPSA) is 38.3 Å². The van der Waals surface area contributed by atoms with E-state index >= 15 is 0 Å². The molecule has 0 radical (unpaired) electrons. The largest absolute Gasteiger partial charge is 0.464 e. The highest BCUT2D eigenvalue weighted by atomic mass is 16.5. The van der Waals surface area contributed by atoms with Crippen molar-refractivity contribution in [2.24, 2.45) is 5.41 Å². The first-order valence-corrected chi connectivity index (χ1v) is 6.34. The lowest BCUT2D eigenvalue weighted by Crippen LogP contribution is -2.42. The van der Waals surface area contributed by atoms with Crippen LogP contribution in [0, 0.1) is 12.3 Å². The van der Waals surface area contributed by atoms with Gasteiger partial charge in [0.15, 0.2) is 0 Å². The van der Waals surface area contributed by atoms with E-state index in [1.165, 1.54) is 5.56 Å². The average molecular weight is 249 g/mol. The van der Waals surface area contributed by atoms with Crippen LogP contribution in [0.1, 0.15) is 33.3 Å². The van der Waals surface area contributed by atoms with Crippen molar-refractivity contribution in [1.82, 2.24) is 0 Å². The minimum Gasteiger partial charge on any atom is -0.464 e. The molecule has 0 heterocycles. The van der Waals surface area contributed by atoms with E-state index in [0.29, 0.717) is 6.61 Å². The lowest BCUT2D eigenvalue weighted by Gasteiger charge is -2.30. The molecule has 1 rings (SSSR count). The van der Waals surface area contributed by atoms with E-state index in [9.17, 15) is 4.79 Å². The summed E-state index contributed by atoms with van der Waals surface area (Å²) in [7, 11) is 0. The molecule has 3 nitrogen and oxygen atoms in total. The molecular formula is C15H23NO2. The minimum atomic E-state index is -0.347. The van der Waals surface area contributed by atoms with Gasteiger partial charge in [-0.15, -0.1) is 0 Å². The SMILES string of the molecule is CCOC(=O)C(Nc1ccc(C)cc1)C(C)(C)C. The molecule has 1 atom stereocenters. The van der Waals surface area contributed by atoms with Gasteiger partial charge >= 0.3 is 5.97 Å². The third-order valence-corrected chi connectivity index (χ3v) is 2.75. The number of anilines is 1. The van der Waals surface area contributed by atoms with Crippen LogP contribution in [-0.4, -0.2) is 18.6 Å². The first-order chi connectivity index (χ1) is 8.34. The van der Waals surface area contributed by atoms with Crippen LogP contribution in [0.5, 0.6) is 0 Å². The molecule has 100 valence electrons. The third kappa shape index (κ3) is 4.06. The molecule has 0 saturated heterocycles. The van der Waals surface area contributed by atoms with Gasteiger partial charge in [0.25, 0.3) is 0 Å². The molecule has 1 aromatic carbocycles. The molecule has 18 heavy (non-hydrogen) atoms. The van der Waals surface area contributed by atoms with Crippen molar-refractivity contribution in [2.45, 2.75) is 40.7 Å². The normalized spacial score (nSPS) is 12.9. The fourth-order valence-electron chi connectivity index (χ4n) is 1.67. The number of ether oxygens (including phenoxy) is 1. The number of carbonyl (C=O) groups excluding carboxylic acids is 1. The summed E-state index contributed by atoms with van der Waals surface area (Å²) in [5.74, 6) is -0.203. The number of rotatable bonds is 4. The third-order valence-electron chi connectivity index (χ3n) is 2.75. The van der Waals surface area contributed by atoms with Crippen molar-refractivity contribution < 1.29 is 9.53 Å². The summed E-state index contributed by atoms with van der Waals surface area (Å²) in [5, 5.41) is 3.26. The van der Waals surface area contributed by atoms with Crippen LogP contribution in [0.25, 0.3) is 0 Å². The summed E-state index contributed by atoms with van der Waals surface area (Å²) in [6.45, 7) is 10.3. The maximum Gasteiger partial charge on any atom is 0.329 e. The van der Waals surface area contributed by atoms with Crippen LogP contribution in [0.4, 0.5) is 5.69 Å². The Balaban J connectivity index is 2.85. The molecule has 0 saturated carbocycles. The number of aryl methyl sites for hydroxylation is 1. The second kappa shape index (κ2) is 5.89. The van der Waals surface area contributed by atoms with Crippen LogP contribution in [0.3, 0.4) is 0 Å². The number of hydrogen-bond acceptors (Lipinski definition) is 3. The van der Waals surface area contributed by atoms with Gasteiger partial charge in [-0.1, -0.05) is 38.5 Å². The van der Waals surface area contributed by atoms with E-state index in [0.717, 1.165) is 5.69 Å². The van der Waals surface area contributed by atoms with Crippen LogP contribution in [-0.2, 0) is 9.53 Å². The Morgan fingerprint density at radius 2 is 1.83 bits per heavy atom. The highest BCUT2D eigenvalue weighted by Gasteiger charge is 2.32. The monoisotopic (exact) mass is 249 g/mol. The first kappa shape index (κ1) is 14.6. The average Bonchev–Trinajstić information content (AvgIpc) is 2.26. The summed E-state index contributed by atoms with van der Waals surface area (Å²) < 4.78 is 5.13. The van der Waals surface area contributed by atoms with Crippen molar-refractivity contribution in [2.75, 3.05) is 11.9 Å². The number of nitrogens with one attached hydrogen (secondary N) is 1. The highest BCUT2D eigenvalue weighted by Crippen LogP contribution is 2.24. The fourth-order valence-corrected chi connectivity index (χ4v) is 1.67. The molecule has 3 heteroatoms. The van der Waals surface area contributed by atoms with Crippen molar-refractivity contribution in [3.63, 3.8) is 0 Å². The van der Waals surface area contributed by atoms with Gasteiger partial charge in [0.1, 0.15) is 6.04 Å². The number of hydrogen-bond donors (Lipinski definition) is 1. The molecule has 0 spiro atoms. The van der Waals surface area contributed by atoms with Gasteiger partial charge in [0, 0.05) is 5.69 Å². The van der Waals surface area contributed by atoms with Crippen LogP contribution in [0.2, 0.25) is 0 Å². The van der Waals surface area contributed by atoms with Gasteiger partial charge in [0.2, 0.25) is 0 Å². The Bertz CT molecular complexity index is 390. The predicted molar refractivity (Wildman–Crippen MR) is 74.7 cm³/mol. The summed E-state index contributed by atoms with van der Waals surface area (Å²) in [6, 6.07) is 7.65. The molecule has 1 unspecified atom stereocenters. The van der Waals surface area contributed by atoms with E-state index in [1.54, 1.807) is 0 Å². The second-order valence-electron chi connectivity index (χ2n) is 5.56. The molecule has 0 aliphatic carbocycles. The number of esters is 1. The summed E-state index contributed by atoms with van der Waals surface area (Å²) >= 11 is 0. The lowest BCUT2D eigenvalue weighted by molar-refractivity contribution is -0.146. The van der Waals surface area contributed by atoms with Crippen LogP contribution >= 0.6 is 0 Å². The zero-order chi connectivity index (χ0) is 13.8. The molecule has 0 fully saturated rings. The zero-order valence-corrected chi connectivity index (χ0v) is 11.9. The van der Waals surface area contributed by atoms with Gasteiger partial charge in [-0.3, -0.25) is 0 Å². The quantitative estimate of drug-likeness (QED) is 0.831.